The van der Waals surface area contributed by atoms with Crippen LogP contribution in [0, 0.1) is 0 Å². The normalized spacial score (nSPS) is 10.2. The molecule has 0 atom stereocenters. The average Bonchev–Trinajstić information content (AvgIpc) is 2.55. The van der Waals surface area contributed by atoms with Crippen LogP contribution in [0.3, 0.4) is 0 Å². The van der Waals surface area contributed by atoms with Crippen LogP contribution in [-0.2, 0) is 4.79 Å². The molecule has 0 fully saturated rings. The van der Waals surface area contributed by atoms with Crippen LogP contribution < -0.4 is 14.8 Å². The maximum atomic E-state index is 12.0. The molecule has 0 aliphatic heterocycles. The predicted molar refractivity (Wildman–Crippen MR) is 92.8 cm³/mol. The quantitative estimate of drug-likeness (QED) is 0.777. The van der Waals surface area contributed by atoms with E-state index in [1.54, 1.807) is 30.3 Å². The smallest absolute Gasteiger partial charge is 0.262 e. The van der Waals surface area contributed by atoms with Gasteiger partial charge in [-0.25, -0.2) is 0 Å². The molecule has 0 bridgehead atoms. The highest BCUT2D eigenvalue weighted by Crippen LogP contribution is 2.28. The van der Waals surface area contributed by atoms with Gasteiger partial charge in [0.2, 0.25) is 0 Å². The van der Waals surface area contributed by atoms with Crippen LogP contribution in [0.1, 0.15) is 13.3 Å². The highest BCUT2D eigenvalue weighted by Gasteiger charge is 2.10. The summed E-state index contributed by atoms with van der Waals surface area (Å²) in [4.78, 5) is 12.0. The number of carbonyl (C=O) groups excluding carboxylic acids is 1. The van der Waals surface area contributed by atoms with Gasteiger partial charge in [0, 0.05) is 11.1 Å². The molecule has 2 aromatic rings. The van der Waals surface area contributed by atoms with Crippen molar-refractivity contribution in [2.75, 3.05) is 18.5 Å². The Kier molecular flexibility index (Phi) is 6.56. The van der Waals surface area contributed by atoms with E-state index in [0.717, 1.165) is 6.42 Å². The minimum atomic E-state index is -0.311. The van der Waals surface area contributed by atoms with Crippen LogP contribution in [0.5, 0.6) is 11.5 Å². The monoisotopic (exact) mass is 353 g/mol. The van der Waals surface area contributed by atoms with Crippen molar-refractivity contribution in [3.8, 4) is 11.5 Å². The second-order valence-corrected chi connectivity index (χ2v) is 5.60. The summed E-state index contributed by atoms with van der Waals surface area (Å²) in [5.74, 6) is 0.682. The number of rotatable bonds is 7. The molecule has 0 radical (unpaired) electrons. The van der Waals surface area contributed by atoms with Gasteiger partial charge in [0.25, 0.3) is 5.91 Å². The summed E-state index contributed by atoms with van der Waals surface area (Å²) in [5.41, 5.74) is 0.603. The van der Waals surface area contributed by atoms with Gasteiger partial charge < -0.3 is 14.8 Å². The van der Waals surface area contributed by atoms with E-state index in [0.29, 0.717) is 33.8 Å². The SMILES string of the molecule is CCCOc1ccccc1NC(=O)COc1cc(Cl)ccc1Cl. The number of nitrogens with one attached hydrogen (secondary N) is 1. The first kappa shape index (κ1) is 17.4. The molecule has 0 aromatic heterocycles. The van der Waals surface area contributed by atoms with E-state index in [4.69, 9.17) is 32.7 Å². The van der Waals surface area contributed by atoms with Gasteiger partial charge in [0.1, 0.15) is 11.5 Å². The van der Waals surface area contributed by atoms with Gasteiger partial charge in [-0.2, -0.15) is 0 Å². The first-order valence-corrected chi connectivity index (χ1v) is 7.95. The summed E-state index contributed by atoms with van der Waals surface area (Å²) in [6.07, 6.45) is 0.888. The molecule has 0 saturated heterocycles. The van der Waals surface area contributed by atoms with E-state index in [9.17, 15) is 4.79 Å². The van der Waals surface area contributed by atoms with E-state index >= 15 is 0 Å². The maximum Gasteiger partial charge on any atom is 0.262 e. The highest BCUT2D eigenvalue weighted by atomic mass is 35.5. The zero-order valence-electron chi connectivity index (χ0n) is 12.6. The van der Waals surface area contributed by atoms with Crippen LogP contribution >= 0.6 is 23.2 Å². The fraction of sp³-hybridized carbons (Fsp3) is 0.235. The number of amides is 1. The maximum absolute atomic E-state index is 12.0. The van der Waals surface area contributed by atoms with Crippen molar-refractivity contribution in [2.45, 2.75) is 13.3 Å². The minimum Gasteiger partial charge on any atom is -0.491 e. The molecule has 1 amide bonds. The first-order valence-electron chi connectivity index (χ1n) is 7.19. The molecule has 1 N–H and O–H groups in total. The Hall–Kier alpha value is -1.91. The second-order valence-electron chi connectivity index (χ2n) is 4.76. The van der Waals surface area contributed by atoms with E-state index in [-0.39, 0.29) is 12.5 Å². The van der Waals surface area contributed by atoms with Crippen LogP contribution in [0.2, 0.25) is 10.0 Å². The molecule has 0 saturated carbocycles. The predicted octanol–water partition coefficient (Wildman–Crippen LogP) is 4.80. The topological polar surface area (TPSA) is 47.6 Å². The van der Waals surface area contributed by atoms with Crippen LogP contribution in [-0.4, -0.2) is 19.1 Å². The molecule has 122 valence electrons. The van der Waals surface area contributed by atoms with E-state index < -0.39 is 0 Å². The summed E-state index contributed by atoms with van der Waals surface area (Å²) >= 11 is 11.9. The van der Waals surface area contributed by atoms with Gasteiger partial charge in [-0.3, -0.25) is 4.79 Å². The Morgan fingerprint density at radius 3 is 2.65 bits per heavy atom. The Labute approximate surface area is 145 Å². The fourth-order valence-corrected chi connectivity index (χ4v) is 2.16. The zero-order valence-corrected chi connectivity index (χ0v) is 14.2. The van der Waals surface area contributed by atoms with Gasteiger partial charge >= 0.3 is 0 Å². The third-order valence-electron chi connectivity index (χ3n) is 2.87. The zero-order chi connectivity index (χ0) is 16.7. The summed E-state index contributed by atoms with van der Waals surface area (Å²) in [7, 11) is 0. The highest BCUT2D eigenvalue weighted by molar-refractivity contribution is 6.34. The average molecular weight is 354 g/mol. The molecule has 23 heavy (non-hydrogen) atoms. The lowest BCUT2D eigenvalue weighted by molar-refractivity contribution is -0.118. The summed E-state index contributed by atoms with van der Waals surface area (Å²) in [6.45, 7) is 2.42. The lowest BCUT2D eigenvalue weighted by Crippen LogP contribution is -2.20. The Balaban J connectivity index is 1.96. The number of para-hydroxylation sites is 2. The summed E-state index contributed by atoms with van der Waals surface area (Å²) in [5, 5.41) is 3.64. The Morgan fingerprint density at radius 2 is 1.87 bits per heavy atom. The minimum absolute atomic E-state index is 0.178. The lowest BCUT2D eigenvalue weighted by atomic mass is 10.3. The number of benzene rings is 2. The largest absolute Gasteiger partial charge is 0.491 e. The molecule has 0 heterocycles. The molecule has 6 heteroatoms. The first-order chi connectivity index (χ1) is 11.1. The molecular weight excluding hydrogens is 337 g/mol. The van der Waals surface area contributed by atoms with E-state index in [1.165, 1.54) is 0 Å². The fourth-order valence-electron chi connectivity index (χ4n) is 1.83. The van der Waals surface area contributed by atoms with E-state index in [1.807, 2.05) is 19.1 Å². The number of carbonyl (C=O) groups is 1. The van der Waals surface area contributed by atoms with Crippen LogP contribution in [0.25, 0.3) is 0 Å². The van der Waals surface area contributed by atoms with Gasteiger partial charge in [0.15, 0.2) is 6.61 Å². The molecule has 0 aliphatic rings. The van der Waals surface area contributed by atoms with Crippen molar-refractivity contribution >= 4 is 34.8 Å². The Morgan fingerprint density at radius 1 is 1.09 bits per heavy atom. The Bertz CT molecular complexity index is 677. The van der Waals surface area contributed by atoms with Gasteiger partial charge in [-0.05, 0) is 30.7 Å². The van der Waals surface area contributed by atoms with Crippen molar-refractivity contribution in [1.82, 2.24) is 0 Å². The van der Waals surface area contributed by atoms with Crippen molar-refractivity contribution in [2.24, 2.45) is 0 Å². The molecule has 2 rings (SSSR count). The number of hydrogen-bond acceptors (Lipinski definition) is 3. The van der Waals surface area contributed by atoms with Crippen molar-refractivity contribution in [1.29, 1.82) is 0 Å². The van der Waals surface area contributed by atoms with Gasteiger partial charge in [0.05, 0.1) is 17.3 Å². The molecular formula is C17H17Cl2NO3. The summed E-state index contributed by atoms with van der Waals surface area (Å²) in [6, 6.07) is 12.1. The molecule has 0 spiro atoms. The van der Waals surface area contributed by atoms with Crippen LogP contribution in [0.4, 0.5) is 5.69 Å². The molecule has 2 aromatic carbocycles. The third kappa shape index (κ3) is 5.34. The van der Waals surface area contributed by atoms with Gasteiger partial charge in [-0.1, -0.05) is 42.3 Å². The van der Waals surface area contributed by atoms with Crippen molar-refractivity contribution in [3.05, 3.63) is 52.5 Å². The van der Waals surface area contributed by atoms with E-state index in [2.05, 4.69) is 5.32 Å². The number of hydrogen-bond donors (Lipinski definition) is 1. The summed E-state index contributed by atoms with van der Waals surface area (Å²) < 4.78 is 11.0. The lowest BCUT2D eigenvalue weighted by Gasteiger charge is -2.12. The third-order valence-corrected chi connectivity index (χ3v) is 3.42. The molecule has 4 nitrogen and oxygen atoms in total. The van der Waals surface area contributed by atoms with Gasteiger partial charge in [-0.15, -0.1) is 0 Å². The standard InChI is InChI=1S/C17H17Cl2NO3/c1-2-9-22-15-6-4-3-5-14(15)20-17(21)11-23-16-10-12(18)7-8-13(16)19/h3-8,10H,2,9,11H2,1H3,(H,20,21). The van der Waals surface area contributed by atoms with Crippen molar-refractivity contribution < 1.29 is 14.3 Å². The molecule has 0 aliphatic carbocycles. The molecule has 0 unspecified atom stereocenters. The van der Waals surface area contributed by atoms with Crippen molar-refractivity contribution in [3.63, 3.8) is 0 Å². The number of halogens is 2. The number of ether oxygens (including phenoxy) is 2. The van der Waals surface area contributed by atoms with Crippen LogP contribution in [0.15, 0.2) is 42.5 Å². The number of anilines is 1. The second kappa shape index (κ2) is 8.65.